The Kier molecular flexibility index (Phi) is 4.72. The first-order valence-electron chi connectivity index (χ1n) is 9.02. The molecule has 0 unspecified atom stereocenters. The summed E-state index contributed by atoms with van der Waals surface area (Å²) in [6.45, 7) is 4.72. The van der Waals surface area contributed by atoms with Gasteiger partial charge in [-0.2, -0.15) is 0 Å². The Morgan fingerprint density at radius 1 is 1.12 bits per heavy atom. The zero-order valence-corrected chi connectivity index (χ0v) is 15.5. The van der Waals surface area contributed by atoms with Crippen molar-refractivity contribution in [3.8, 4) is 0 Å². The monoisotopic (exact) mass is 372 g/mol. The molecule has 136 valence electrons. The second-order valence-corrected chi connectivity index (χ2v) is 7.77. The van der Waals surface area contributed by atoms with Crippen molar-refractivity contribution >= 4 is 17.5 Å². The molecular formula is C21H22ClFN2O. The first-order chi connectivity index (χ1) is 12.5. The van der Waals surface area contributed by atoms with E-state index in [-0.39, 0.29) is 22.8 Å². The fourth-order valence-corrected chi connectivity index (χ4v) is 4.77. The van der Waals surface area contributed by atoms with Gasteiger partial charge in [0.05, 0.1) is 11.1 Å². The molecule has 0 spiro atoms. The lowest BCUT2D eigenvalue weighted by molar-refractivity contribution is -0.130. The van der Waals surface area contributed by atoms with Gasteiger partial charge in [0.25, 0.3) is 0 Å². The number of carbonyl (C=O) groups is 1. The summed E-state index contributed by atoms with van der Waals surface area (Å²) in [4.78, 5) is 16.5. The predicted octanol–water partition coefficient (Wildman–Crippen LogP) is 4.13. The van der Waals surface area contributed by atoms with Gasteiger partial charge in [-0.1, -0.05) is 54.1 Å². The third-order valence-electron chi connectivity index (χ3n) is 5.71. The van der Waals surface area contributed by atoms with E-state index in [1.165, 1.54) is 5.56 Å². The zero-order valence-electron chi connectivity index (χ0n) is 14.7. The number of likely N-dealkylation sites (tertiary alicyclic amines) is 2. The van der Waals surface area contributed by atoms with Crippen LogP contribution in [-0.4, -0.2) is 35.3 Å². The van der Waals surface area contributed by atoms with Gasteiger partial charge in [0.2, 0.25) is 5.91 Å². The van der Waals surface area contributed by atoms with E-state index in [1.54, 1.807) is 25.1 Å². The van der Waals surface area contributed by atoms with Crippen molar-refractivity contribution in [2.75, 3.05) is 19.6 Å². The Labute approximate surface area is 158 Å². The van der Waals surface area contributed by atoms with E-state index in [0.29, 0.717) is 23.9 Å². The van der Waals surface area contributed by atoms with Gasteiger partial charge in [0.15, 0.2) is 0 Å². The minimum atomic E-state index is -0.323. The van der Waals surface area contributed by atoms with Crippen LogP contribution in [0.2, 0.25) is 5.02 Å². The largest absolute Gasteiger partial charge is 0.335 e. The highest BCUT2D eigenvalue weighted by atomic mass is 35.5. The summed E-state index contributed by atoms with van der Waals surface area (Å²) in [5, 5.41) is 0.173. The van der Waals surface area contributed by atoms with Crippen molar-refractivity contribution in [1.82, 2.24) is 9.80 Å². The lowest BCUT2D eigenvalue weighted by Gasteiger charge is -2.29. The average Bonchev–Trinajstić information content (AvgIpc) is 3.17. The van der Waals surface area contributed by atoms with Crippen LogP contribution in [0.25, 0.3) is 0 Å². The molecule has 26 heavy (non-hydrogen) atoms. The third kappa shape index (κ3) is 3.12. The minimum Gasteiger partial charge on any atom is -0.335 e. The summed E-state index contributed by atoms with van der Waals surface area (Å²) >= 11 is 5.91. The molecule has 3 atom stereocenters. The molecule has 5 heteroatoms. The second kappa shape index (κ2) is 7.01. The Hall–Kier alpha value is -1.91. The molecule has 3 nitrogen and oxygen atoms in total. The van der Waals surface area contributed by atoms with Crippen LogP contribution in [0.4, 0.5) is 4.39 Å². The molecule has 0 radical (unpaired) electrons. The van der Waals surface area contributed by atoms with Gasteiger partial charge in [-0.3, -0.25) is 9.69 Å². The smallest absolute Gasteiger partial charge is 0.219 e. The van der Waals surface area contributed by atoms with E-state index in [0.717, 1.165) is 19.6 Å². The molecule has 2 saturated heterocycles. The Balaban J connectivity index is 1.55. The number of hydrogen-bond donors (Lipinski definition) is 0. The van der Waals surface area contributed by atoms with Crippen LogP contribution in [0.5, 0.6) is 0 Å². The maximum atomic E-state index is 14.2. The highest BCUT2D eigenvalue weighted by molar-refractivity contribution is 6.30. The molecular weight excluding hydrogens is 351 g/mol. The van der Waals surface area contributed by atoms with Crippen molar-refractivity contribution in [2.45, 2.75) is 19.5 Å². The van der Waals surface area contributed by atoms with E-state index < -0.39 is 0 Å². The van der Waals surface area contributed by atoms with Gasteiger partial charge in [-0.15, -0.1) is 0 Å². The first-order valence-corrected chi connectivity index (χ1v) is 9.40. The van der Waals surface area contributed by atoms with E-state index in [1.807, 2.05) is 23.1 Å². The van der Waals surface area contributed by atoms with E-state index in [4.69, 9.17) is 11.6 Å². The predicted molar refractivity (Wildman–Crippen MR) is 100 cm³/mol. The van der Waals surface area contributed by atoms with Crippen LogP contribution in [-0.2, 0) is 11.3 Å². The van der Waals surface area contributed by atoms with Crippen LogP contribution >= 0.6 is 11.6 Å². The molecule has 0 bridgehead atoms. The first kappa shape index (κ1) is 17.5. The van der Waals surface area contributed by atoms with Crippen molar-refractivity contribution in [3.63, 3.8) is 0 Å². The van der Waals surface area contributed by atoms with E-state index in [9.17, 15) is 9.18 Å². The van der Waals surface area contributed by atoms with Gasteiger partial charge in [0.1, 0.15) is 5.82 Å². The standard InChI is InChI=1S/C21H22ClFN2O/c1-14(26)25-12-17-11-24(10-16-8-5-9-19(22)20(16)23)13-18(17)21(25)15-6-3-2-4-7-15/h2-9,17-18,21H,10-13H2,1H3/t17-,18-,21-/m1/s1. The second-order valence-electron chi connectivity index (χ2n) is 7.36. The molecule has 2 aliphatic rings. The zero-order chi connectivity index (χ0) is 18.3. The van der Waals surface area contributed by atoms with Gasteiger partial charge in [-0.05, 0) is 17.5 Å². The Bertz CT molecular complexity index is 813. The van der Waals surface area contributed by atoms with Crippen LogP contribution in [0.3, 0.4) is 0 Å². The number of carbonyl (C=O) groups excluding carboxylic acids is 1. The van der Waals surface area contributed by atoms with Gasteiger partial charge >= 0.3 is 0 Å². The molecule has 1 amide bonds. The van der Waals surface area contributed by atoms with Crippen LogP contribution in [0.15, 0.2) is 48.5 Å². The highest BCUT2D eigenvalue weighted by Gasteiger charge is 2.48. The summed E-state index contributed by atoms with van der Waals surface area (Å²) < 4.78 is 14.2. The molecule has 0 aliphatic carbocycles. The third-order valence-corrected chi connectivity index (χ3v) is 6.00. The molecule has 2 heterocycles. The molecule has 2 fully saturated rings. The number of benzene rings is 2. The van der Waals surface area contributed by atoms with Crippen LogP contribution in [0, 0.1) is 17.7 Å². The highest BCUT2D eigenvalue weighted by Crippen LogP contribution is 2.45. The maximum absolute atomic E-state index is 14.2. The van der Waals surface area contributed by atoms with Crippen molar-refractivity contribution in [2.24, 2.45) is 11.8 Å². The lowest BCUT2D eigenvalue weighted by Crippen LogP contribution is -2.34. The van der Waals surface area contributed by atoms with Crippen molar-refractivity contribution in [1.29, 1.82) is 0 Å². The average molecular weight is 373 g/mol. The molecule has 0 N–H and O–H groups in total. The minimum absolute atomic E-state index is 0.105. The molecule has 2 aliphatic heterocycles. The van der Waals surface area contributed by atoms with Crippen LogP contribution < -0.4 is 0 Å². The van der Waals surface area contributed by atoms with Crippen molar-refractivity contribution < 1.29 is 9.18 Å². The molecule has 2 aromatic rings. The Morgan fingerprint density at radius 3 is 2.62 bits per heavy atom. The molecule has 0 aromatic heterocycles. The van der Waals surface area contributed by atoms with Gasteiger partial charge in [-0.25, -0.2) is 4.39 Å². The quantitative estimate of drug-likeness (QED) is 0.808. The Morgan fingerprint density at radius 2 is 1.88 bits per heavy atom. The molecule has 4 rings (SSSR count). The van der Waals surface area contributed by atoms with Gasteiger partial charge in [0, 0.05) is 44.6 Å². The lowest BCUT2D eigenvalue weighted by atomic mass is 9.89. The van der Waals surface area contributed by atoms with E-state index in [2.05, 4.69) is 17.0 Å². The molecule has 2 aromatic carbocycles. The number of nitrogens with zero attached hydrogens (tertiary/aromatic N) is 2. The fourth-order valence-electron chi connectivity index (χ4n) is 4.58. The fraction of sp³-hybridized carbons (Fsp3) is 0.381. The summed E-state index contributed by atoms with van der Waals surface area (Å²) in [6.07, 6.45) is 0. The number of halogens is 2. The summed E-state index contributed by atoms with van der Waals surface area (Å²) in [6, 6.07) is 15.5. The van der Waals surface area contributed by atoms with E-state index >= 15 is 0 Å². The SMILES string of the molecule is CC(=O)N1C[C@H]2CN(Cc3cccc(Cl)c3F)C[C@H]2[C@H]1c1ccccc1. The normalized spacial score (nSPS) is 25.5. The van der Waals surface area contributed by atoms with Crippen molar-refractivity contribution in [3.05, 3.63) is 70.5 Å². The number of amides is 1. The van der Waals surface area contributed by atoms with Gasteiger partial charge < -0.3 is 4.90 Å². The summed E-state index contributed by atoms with van der Waals surface area (Å²) in [7, 11) is 0. The molecule has 0 saturated carbocycles. The topological polar surface area (TPSA) is 23.6 Å². The number of fused-ring (bicyclic) bond motifs is 1. The number of hydrogen-bond acceptors (Lipinski definition) is 2. The summed E-state index contributed by atoms with van der Waals surface area (Å²) in [5.74, 6) is 0.604. The maximum Gasteiger partial charge on any atom is 0.219 e. The summed E-state index contributed by atoms with van der Waals surface area (Å²) in [5.41, 5.74) is 1.82. The number of rotatable bonds is 3. The van der Waals surface area contributed by atoms with Crippen LogP contribution in [0.1, 0.15) is 24.1 Å².